The van der Waals surface area contributed by atoms with E-state index < -0.39 is 24.5 Å². The van der Waals surface area contributed by atoms with Crippen molar-refractivity contribution in [2.75, 3.05) is 6.54 Å². The SMILES string of the molecule is O=[C]CN(NC(=O)C(F)(F)F)C(=O)C=Cc1ccccc1. The van der Waals surface area contributed by atoms with Crippen LogP contribution in [0.4, 0.5) is 13.2 Å². The van der Waals surface area contributed by atoms with Gasteiger partial charge >= 0.3 is 12.1 Å². The van der Waals surface area contributed by atoms with Crippen molar-refractivity contribution in [1.82, 2.24) is 10.4 Å². The zero-order valence-corrected chi connectivity index (χ0v) is 10.6. The zero-order chi connectivity index (χ0) is 15.9. The Bertz CT molecular complexity index is 541. The molecule has 0 unspecified atom stereocenters. The van der Waals surface area contributed by atoms with Crippen LogP contribution in [0.25, 0.3) is 6.08 Å². The van der Waals surface area contributed by atoms with Crippen LogP contribution < -0.4 is 5.43 Å². The van der Waals surface area contributed by atoms with Gasteiger partial charge in [0, 0.05) is 6.08 Å². The van der Waals surface area contributed by atoms with Crippen LogP contribution in [-0.4, -0.2) is 35.8 Å². The number of benzene rings is 1. The highest BCUT2D eigenvalue weighted by Crippen LogP contribution is 2.14. The molecule has 21 heavy (non-hydrogen) atoms. The van der Waals surface area contributed by atoms with Crippen LogP contribution in [-0.2, 0) is 14.4 Å². The third-order valence-corrected chi connectivity index (χ3v) is 2.20. The van der Waals surface area contributed by atoms with Crippen LogP contribution in [0.2, 0.25) is 0 Å². The standard InChI is InChI=1S/C13H10F3N2O3/c14-13(15,16)12(21)17-18(8-9-19)11(20)7-6-10-4-2-1-3-5-10/h1-7H,8H2,(H,17,21). The number of carbonyl (C=O) groups is 2. The Hall–Kier alpha value is -2.64. The Morgan fingerprint density at radius 3 is 2.38 bits per heavy atom. The lowest BCUT2D eigenvalue weighted by Crippen LogP contribution is -2.51. The second-order valence-electron chi connectivity index (χ2n) is 3.75. The quantitative estimate of drug-likeness (QED) is 0.672. The molecule has 1 aromatic rings. The maximum absolute atomic E-state index is 12.1. The van der Waals surface area contributed by atoms with Crippen LogP contribution in [0, 0.1) is 0 Å². The first-order chi connectivity index (χ1) is 9.84. The first-order valence-corrected chi connectivity index (χ1v) is 5.62. The summed E-state index contributed by atoms with van der Waals surface area (Å²) in [4.78, 5) is 32.6. The number of hydrogen-bond donors (Lipinski definition) is 1. The van der Waals surface area contributed by atoms with Crippen molar-refractivity contribution in [2.24, 2.45) is 0 Å². The van der Waals surface area contributed by atoms with Gasteiger partial charge in [-0.25, -0.2) is 5.01 Å². The molecule has 111 valence electrons. The molecule has 0 aliphatic rings. The van der Waals surface area contributed by atoms with Crippen LogP contribution in [0.3, 0.4) is 0 Å². The maximum atomic E-state index is 12.1. The molecule has 5 nitrogen and oxygen atoms in total. The first-order valence-electron chi connectivity index (χ1n) is 5.62. The maximum Gasteiger partial charge on any atom is 0.472 e. The molecule has 1 N–H and O–H groups in total. The summed E-state index contributed by atoms with van der Waals surface area (Å²) in [6.07, 6.45) is -1.65. The molecule has 2 amide bonds. The molecular formula is C13H10F3N2O3. The summed E-state index contributed by atoms with van der Waals surface area (Å²) in [5, 5.41) is 0.224. The Morgan fingerprint density at radius 2 is 1.86 bits per heavy atom. The van der Waals surface area contributed by atoms with E-state index in [9.17, 15) is 27.6 Å². The van der Waals surface area contributed by atoms with Crippen LogP contribution in [0.15, 0.2) is 36.4 Å². The third-order valence-electron chi connectivity index (χ3n) is 2.20. The van der Waals surface area contributed by atoms with E-state index in [0.717, 1.165) is 6.08 Å². The smallest absolute Gasteiger partial charge is 0.289 e. The minimum Gasteiger partial charge on any atom is -0.289 e. The lowest BCUT2D eigenvalue weighted by Gasteiger charge is -2.19. The minimum absolute atomic E-state index is 0.224. The van der Waals surface area contributed by atoms with Crippen molar-refractivity contribution in [3.05, 3.63) is 42.0 Å². The van der Waals surface area contributed by atoms with Crippen LogP contribution >= 0.6 is 0 Å². The van der Waals surface area contributed by atoms with Crippen molar-refractivity contribution in [2.45, 2.75) is 6.18 Å². The highest BCUT2D eigenvalue weighted by Gasteiger charge is 2.40. The summed E-state index contributed by atoms with van der Waals surface area (Å²) in [7, 11) is 0. The second kappa shape index (κ2) is 7.22. The third kappa shape index (κ3) is 5.47. The molecule has 0 atom stereocenters. The molecule has 0 aromatic heterocycles. The average Bonchev–Trinajstić information content (AvgIpc) is 2.44. The lowest BCUT2D eigenvalue weighted by molar-refractivity contribution is -0.179. The van der Waals surface area contributed by atoms with Crippen molar-refractivity contribution in [3.8, 4) is 0 Å². The summed E-state index contributed by atoms with van der Waals surface area (Å²) in [5.41, 5.74) is 1.93. The van der Waals surface area contributed by atoms with Crippen molar-refractivity contribution < 1.29 is 27.6 Å². The first kappa shape index (κ1) is 16.4. The minimum atomic E-state index is -5.16. The van der Waals surface area contributed by atoms with Crippen molar-refractivity contribution in [3.63, 3.8) is 0 Å². The summed E-state index contributed by atoms with van der Waals surface area (Å²) >= 11 is 0. The Labute approximate surface area is 118 Å². The fraction of sp³-hybridized carbons (Fsp3) is 0.154. The molecule has 1 aromatic carbocycles. The summed E-state index contributed by atoms with van der Waals surface area (Å²) < 4.78 is 36.3. The van der Waals surface area contributed by atoms with Gasteiger partial charge in [0.15, 0.2) is 0 Å². The topological polar surface area (TPSA) is 66.5 Å². The fourth-order valence-corrected chi connectivity index (χ4v) is 1.24. The molecule has 0 fully saturated rings. The average molecular weight is 299 g/mol. The molecule has 0 heterocycles. The highest BCUT2D eigenvalue weighted by atomic mass is 19.4. The number of carbonyl (C=O) groups excluding carboxylic acids is 3. The molecule has 0 aliphatic carbocycles. The van der Waals surface area contributed by atoms with Crippen molar-refractivity contribution >= 4 is 24.2 Å². The Morgan fingerprint density at radius 1 is 1.24 bits per heavy atom. The number of hydrazine groups is 1. The van der Waals surface area contributed by atoms with E-state index >= 15 is 0 Å². The van der Waals surface area contributed by atoms with Crippen molar-refractivity contribution in [1.29, 1.82) is 0 Å². The fourth-order valence-electron chi connectivity index (χ4n) is 1.24. The molecule has 0 aliphatic heterocycles. The monoisotopic (exact) mass is 299 g/mol. The summed E-state index contributed by atoms with van der Waals surface area (Å²) in [5.74, 6) is -3.33. The van der Waals surface area contributed by atoms with Gasteiger partial charge < -0.3 is 0 Å². The van der Waals surface area contributed by atoms with E-state index in [1.807, 2.05) is 0 Å². The van der Waals surface area contributed by atoms with Gasteiger partial charge in [0.1, 0.15) is 6.54 Å². The van der Waals surface area contributed by atoms with E-state index in [4.69, 9.17) is 0 Å². The summed E-state index contributed by atoms with van der Waals surface area (Å²) in [6.45, 7) is -0.820. The Kier molecular flexibility index (Phi) is 5.65. The van der Waals surface area contributed by atoms with E-state index in [2.05, 4.69) is 0 Å². The molecule has 1 rings (SSSR count). The van der Waals surface area contributed by atoms with Gasteiger partial charge in [-0.05, 0) is 11.6 Å². The molecular weight excluding hydrogens is 289 g/mol. The largest absolute Gasteiger partial charge is 0.472 e. The lowest BCUT2D eigenvalue weighted by atomic mass is 10.2. The number of halogens is 3. The van der Waals surface area contributed by atoms with E-state index in [1.54, 1.807) is 30.3 Å². The van der Waals surface area contributed by atoms with E-state index in [-0.39, 0.29) is 5.01 Å². The van der Waals surface area contributed by atoms with E-state index in [0.29, 0.717) is 5.56 Å². The van der Waals surface area contributed by atoms with Gasteiger partial charge in [0.05, 0.1) is 0 Å². The van der Waals surface area contributed by atoms with Gasteiger partial charge in [-0.3, -0.25) is 19.8 Å². The predicted molar refractivity (Wildman–Crippen MR) is 67.1 cm³/mol. The van der Waals surface area contributed by atoms with E-state index in [1.165, 1.54) is 17.8 Å². The number of alkyl halides is 3. The van der Waals surface area contributed by atoms with Gasteiger partial charge in [-0.2, -0.15) is 13.2 Å². The number of rotatable bonds is 4. The van der Waals surface area contributed by atoms with Crippen LogP contribution in [0.5, 0.6) is 0 Å². The molecule has 1 radical (unpaired) electrons. The van der Waals surface area contributed by atoms with Gasteiger partial charge in [0.25, 0.3) is 5.91 Å². The summed E-state index contributed by atoms with van der Waals surface area (Å²) in [6, 6.07) is 8.47. The molecule has 8 heteroatoms. The second-order valence-corrected chi connectivity index (χ2v) is 3.75. The zero-order valence-electron chi connectivity index (χ0n) is 10.6. The number of amides is 2. The number of nitrogens with one attached hydrogen (secondary N) is 1. The predicted octanol–water partition coefficient (Wildman–Crippen LogP) is 1.23. The van der Waals surface area contributed by atoms with Gasteiger partial charge in [-0.15, -0.1) is 0 Å². The molecule has 0 saturated carbocycles. The Balaban J connectivity index is 2.76. The van der Waals surface area contributed by atoms with Gasteiger partial charge in [0.2, 0.25) is 6.29 Å². The number of hydrogen-bond acceptors (Lipinski definition) is 3. The molecule has 0 bridgehead atoms. The normalized spacial score (nSPS) is 11.2. The molecule has 0 spiro atoms. The van der Waals surface area contributed by atoms with Crippen LogP contribution in [0.1, 0.15) is 5.56 Å². The van der Waals surface area contributed by atoms with Gasteiger partial charge in [-0.1, -0.05) is 30.3 Å². The number of nitrogens with zero attached hydrogens (tertiary/aromatic N) is 1. The highest BCUT2D eigenvalue weighted by molar-refractivity contribution is 5.94. The molecule has 0 saturated heterocycles.